The third-order valence-electron chi connectivity index (χ3n) is 4.24. The molecule has 2 saturated carbocycles. The fraction of sp³-hybridized carbons (Fsp3) is 0.733. The van der Waals surface area contributed by atoms with E-state index in [2.05, 4.69) is 6.58 Å². The molecule has 0 aromatic rings. The van der Waals surface area contributed by atoms with Crippen molar-refractivity contribution in [1.29, 1.82) is 0 Å². The highest BCUT2D eigenvalue weighted by molar-refractivity contribution is 5.82. The van der Waals surface area contributed by atoms with E-state index in [1.807, 2.05) is 6.92 Å². The minimum absolute atomic E-state index is 0.190. The number of ether oxygens (including phenoxy) is 3. The van der Waals surface area contributed by atoms with Crippen LogP contribution in [0.4, 0.5) is 0 Å². The summed E-state index contributed by atoms with van der Waals surface area (Å²) in [7, 11) is 0. The molecular formula is C15H22O5. The Hall–Kier alpha value is -1.36. The molecule has 2 aliphatic carbocycles. The molecule has 4 unspecified atom stereocenters. The van der Waals surface area contributed by atoms with E-state index in [0.717, 1.165) is 19.3 Å². The first-order valence-corrected chi connectivity index (χ1v) is 7.17. The Balaban J connectivity index is 1.94. The highest BCUT2D eigenvalue weighted by Gasteiger charge is 2.55. The summed E-state index contributed by atoms with van der Waals surface area (Å²) in [6.07, 6.45) is 3.66. The van der Waals surface area contributed by atoms with E-state index in [0.29, 0.717) is 13.0 Å². The Labute approximate surface area is 119 Å². The molecule has 0 aromatic heterocycles. The van der Waals surface area contributed by atoms with Crippen LogP contribution in [0.5, 0.6) is 0 Å². The quantitative estimate of drug-likeness (QED) is 0.424. The summed E-state index contributed by atoms with van der Waals surface area (Å²) in [5, 5.41) is 0. The molecule has 2 aliphatic rings. The van der Waals surface area contributed by atoms with E-state index in [4.69, 9.17) is 14.2 Å². The molecule has 4 atom stereocenters. The zero-order chi connectivity index (χ0) is 14.8. The normalized spacial score (nSPS) is 32.7. The molecule has 0 spiro atoms. The summed E-state index contributed by atoms with van der Waals surface area (Å²) in [6, 6.07) is 0. The summed E-state index contributed by atoms with van der Waals surface area (Å²) in [4.78, 5) is 23.6. The van der Waals surface area contributed by atoms with E-state index < -0.39 is 17.9 Å². The van der Waals surface area contributed by atoms with Crippen LogP contribution in [0.3, 0.4) is 0 Å². The molecular weight excluding hydrogens is 260 g/mol. The number of esters is 2. The van der Waals surface area contributed by atoms with E-state index in [-0.39, 0.29) is 17.8 Å². The molecule has 0 aliphatic heterocycles. The first-order valence-electron chi connectivity index (χ1n) is 7.17. The van der Waals surface area contributed by atoms with E-state index >= 15 is 0 Å². The van der Waals surface area contributed by atoms with Gasteiger partial charge in [-0.05, 0) is 39.0 Å². The van der Waals surface area contributed by atoms with Gasteiger partial charge in [0.25, 0.3) is 0 Å². The largest absolute Gasteiger partial charge is 0.456 e. The van der Waals surface area contributed by atoms with E-state index in [1.54, 1.807) is 6.92 Å². The first kappa shape index (κ1) is 15.0. The molecule has 2 rings (SSSR count). The van der Waals surface area contributed by atoms with Crippen molar-refractivity contribution in [1.82, 2.24) is 0 Å². The number of fused-ring (bicyclic) bond motifs is 2. The van der Waals surface area contributed by atoms with E-state index in [1.165, 1.54) is 6.08 Å². The van der Waals surface area contributed by atoms with Crippen LogP contribution in [0, 0.1) is 11.8 Å². The van der Waals surface area contributed by atoms with Gasteiger partial charge in [-0.15, -0.1) is 0 Å². The van der Waals surface area contributed by atoms with Crippen molar-refractivity contribution in [3.05, 3.63) is 12.7 Å². The lowest BCUT2D eigenvalue weighted by Gasteiger charge is -2.29. The highest BCUT2D eigenvalue weighted by Crippen LogP contribution is 2.53. The van der Waals surface area contributed by atoms with Crippen molar-refractivity contribution in [3.8, 4) is 0 Å². The second-order valence-corrected chi connectivity index (χ2v) is 5.58. The molecule has 0 amide bonds. The zero-order valence-corrected chi connectivity index (χ0v) is 12.1. The average Bonchev–Trinajstić information content (AvgIpc) is 2.96. The molecule has 5 nitrogen and oxygen atoms in total. The van der Waals surface area contributed by atoms with Crippen LogP contribution in [-0.2, 0) is 23.8 Å². The average molecular weight is 282 g/mol. The minimum Gasteiger partial charge on any atom is -0.456 e. The van der Waals surface area contributed by atoms with Gasteiger partial charge >= 0.3 is 11.9 Å². The summed E-state index contributed by atoms with van der Waals surface area (Å²) >= 11 is 0. The topological polar surface area (TPSA) is 61.8 Å². The Bertz CT molecular complexity index is 405. The molecule has 20 heavy (non-hydrogen) atoms. The number of hydrogen-bond acceptors (Lipinski definition) is 5. The van der Waals surface area contributed by atoms with Crippen LogP contribution in [0.1, 0.15) is 39.5 Å². The van der Waals surface area contributed by atoms with Crippen LogP contribution in [0.25, 0.3) is 0 Å². The van der Waals surface area contributed by atoms with Crippen molar-refractivity contribution in [2.75, 3.05) is 6.61 Å². The molecule has 0 N–H and O–H groups in total. The maximum Gasteiger partial charge on any atom is 0.330 e. The molecule has 0 radical (unpaired) electrons. The van der Waals surface area contributed by atoms with E-state index in [9.17, 15) is 9.59 Å². The van der Waals surface area contributed by atoms with Crippen LogP contribution in [-0.4, -0.2) is 30.4 Å². The van der Waals surface area contributed by atoms with Crippen molar-refractivity contribution in [2.45, 2.75) is 51.4 Å². The maximum atomic E-state index is 12.2. The summed E-state index contributed by atoms with van der Waals surface area (Å²) in [5.41, 5.74) is -0.492. The highest BCUT2D eigenvalue weighted by atomic mass is 16.7. The van der Waals surface area contributed by atoms with Crippen LogP contribution >= 0.6 is 0 Å². The SMILES string of the molecule is C=CC(=O)OC12CCC(C1)C(C(=O)OC(C)OCC)C2. The number of carbonyl (C=O) groups excluding carboxylic acids is 2. The fourth-order valence-corrected chi connectivity index (χ4v) is 3.41. The predicted octanol–water partition coefficient (Wildman–Crippen LogP) is 2.20. The lowest BCUT2D eigenvalue weighted by atomic mass is 9.87. The third kappa shape index (κ3) is 3.03. The Morgan fingerprint density at radius 3 is 2.85 bits per heavy atom. The van der Waals surface area contributed by atoms with Gasteiger partial charge in [-0.25, -0.2) is 4.79 Å². The Morgan fingerprint density at radius 2 is 2.20 bits per heavy atom. The second kappa shape index (κ2) is 5.95. The van der Waals surface area contributed by atoms with Gasteiger partial charge in [0, 0.05) is 19.1 Å². The van der Waals surface area contributed by atoms with Gasteiger partial charge in [0.05, 0.1) is 5.92 Å². The third-order valence-corrected chi connectivity index (χ3v) is 4.24. The molecule has 112 valence electrons. The molecule has 2 fully saturated rings. The maximum absolute atomic E-state index is 12.2. The van der Waals surface area contributed by atoms with Crippen LogP contribution in [0.15, 0.2) is 12.7 Å². The smallest absolute Gasteiger partial charge is 0.330 e. The van der Waals surface area contributed by atoms with Gasteiger partial charge in [0.1, 0.15) is 5.60 Å². The number of carbonyl (C=O) groups is 2. The predicted molar refractivity (Wildman–Crippen MR) is 71.6 cm³/mol. The summed E-state index contributed by atoms with van der Waals surface area (Å²) < 4.78 is 16.0. The Kier molecular flexibility index (Phi) is 4.48. The van der Waals surface area contributed by atoms with Gasteiger partial charge in [-0.2, -0.15) is 0 Å². The van der Waals surface area contributed by atoms with Gasteiger partial charge in [-0.1, -0.05) is 6.58 Å². The monoisotopic (exact) mass is 282 g/mol. The lowest BCUT2D eigenvalue weighted by molar-refractivity contribution is -0.182. The van der Waals surface area contributed by atoms with Crippen molar-refractivity contribution >= 4 is 11.9 Å². The number of rotatable bonds is 6. The zero-order valence-electron chi connectivity index (χ0n) is 12.1. The minimum atomic E-state index is -0.529. The molecule has 5 heteroatoms. The number of hydrogen-bond donors (Lipinski definition) is 0. The first-order chi connectivity index (χ1) is 9.49. The second-order valence-electron chi connectivity index (χ2n) is 5.58. The van der Waals surface area contributed by atoms with Gasteiger partial charge in [-0.3, -0.25) is 4.79 Å². The standard InChI is InChI=1S/C15H22O5/c1-4-13(16)20-15-7-6-11(8-15)12(9-15)14(17)19-10(3)18-5-2/h4,10-12H,1,5-9H2,2-3H3. The van der Waals surface area contributed by atoms with Crippen molar-refractivity contribution < 1.29 is 23.8 Å². The van der Waals surface area contributed by atoms with Crippen LogP contribution < -0.4 is 0 Å². The Morgan fingerprint density at radius 1 is 1.45 bits per heavy atom. The fourth-order valence-electron chi connectivity index (χ4n) is 3.41. The van der Waals surface area contributed by atoms with Crippen molar-refractivity contribution in [2.24, 2.45) is 11.8 Å². The van der Waals surface area contributed by atoms with Gasteiger partial charge < -0.3 is 14.2 Å². The van der Waals surface area contributed by atoms with Crippen LogP contribution in [0.2, 0.25) is 0 Å². The molecule has 0 heterocycles. The molecule has 0 aromatic carbocycles. The van der Waals surface area contributed by atoms with Gasteiger partial charge in [0.15, 0.2) is 6.29 Å². The summed E-state index contributed by atoms with van der Waals surface area (Å²) in [6.45, 7) is 7.48. The molecule has 0 saturated heterocycles. The van der Waals surface area contributed by atoms with Crippen molar-refractivity contribution in [3.63, 3.8) is 0 Å². The summed E-state index contributed by atoms with van der Waals surface area (Å²) in [5.74, 6) is -0.604. The van der Waals surface area contributed by atoms with Gasteiger partial charge in [0.2, 0.25) is 0 Å². The lowest BCUT2D eigenvalue weighted by Crippen LogP contribution is -2.34. The molecule has 2 bridgehead atoms.